The van der Waals surface area contributed by atoms with Gasteiger partial charge in [0.25, 0.3) is 5.85 Å². The lowest BCUT2D eigenvalue weighted by molar-refractivity contribution is -0.155. The van der Waals surface area contributed by atoms with Crippen molar-refractivity contribution in [1.29, 1.82) is 0 Å². The highest BCUT2D eigenvalue weighted by Crippen LogP contribution is 2.43. The molecule has 0 spiro atoms. The quantitative estimate of drug-likeness (QED) is 0.183. The first kappa shape index (κ1) is 22.8. The molecule has 0 saturated carbocycles. The number of anilines is 1. The summed E-state index contributed by atoms with van der Waals surface area (Å²) < 4.78 is 27.9. The number of hydrogen-bond acceptors (Lipinski definition) is 11. The van der Waals surface area contributed by atoms with Crippen LogP contribution in [0.5, 0.6) is 0 Å². The third-order valence-corrected chi connectivity index (χ3v) is 5.38. The van der Waals surface area contributed by atoms with Crippen LogP contribution in [-0.4, -0.2) is 82.9 Å². The minimum absolute atomic E-state index is 0.00408. The molecule has 166 valence electrons. The number of nitrogen functional groups attached to an aromatic ring is 1. The third-order valence-electron chi connectivity index (χ3n) is 4.24. The molecule has 0 bridgehead atoms. The standard InChI is InChI=1S/C14H19ClN5O9P/c1-2-27-12(23)13(30(24,25)26)28-3-5-7(21)8(22)11(29-5)20-4-17-6-9(16)18-14(15)19-10(6)20/h4-5,7-8,11,13,21-22H,2-3H2,1H3,(H2,16,18,19)(H2,24,25,26)/t5-,7+,8-,11-,13-/m1/s1. The van der Waals surface area contributed by atoms with E-state index in [9.17, 15) is 29.4 Å². The fraction of sp³-hybridized carbons (Fsp3) is 0.571. The van der Waals surface area contributed by atoms with Crippen LogP contribution < -0.4 is 5.73 Å². The topological polar surface area (TPSA) is 212 Å². The van der Waals surface area contributed by atoms with Gasteiger partial charge < -0.3 is 39.9 Å². The molecule has 5 atom stereocenters. The zero-order valence-corrected chi connectivity index (χ0v) is 17.1. The number of aliphatic hydroxyl groups excluding tert-OH is 2. The minimum atomic E-state index is -5.02. The Labute approximate surface area is 173 Å². The minimum Gasteiger partial charge on any atom is -0.464 e. The van der Waals surface area contributed by atoms with E-state index in [0.29, 0.717) is 0 Å². The Kier molecular flexibility index (Phi) is 6.60. The smallest absolute Gasteiger partial charge is 0.365 e. The maximum absolute atomic E-state index is 11.8. The van der Waals surface area contributed by atoms with Crippen LogP contribution in [0.3, 0.4) is 0 Å². The zero-order valence-electron chi connectivity index (χ0n) is 15.4. The molecule has 1 fully saturated rings. The lowest BCUT2D eigenvalue weighted by Crippen LogP contribution is -2.36. The summed E-state index contributed by atoms with van der Waals surface area (Å²) in [7, 11) is -5.02. The molecule has 14 nitrogen and oxygen atoms in total. The molecule has 3 rings (SSSR count). The van der Waals surface area contributed by atoms with E-state index < -0.39 is 50.6 Å². The maximum Gasteiger partial charge on any atom is 0.365 e. The lowest BCUT2D eigenvalue weighted by Gasteiger charge is -2.20. The number of aliphatic hydroxyl groups is 2. The van der Waals surface area contributed by atoms with Crippen molar-refractivity contribution in [3.63, 3.8) is 0 Å². The molecule has 30 heavy (non-hydrogen) atoms. The van der Waals surface area contributed by atoms with E-state index in [0.717, 1.165) is 0 Å². The molecule has 1 saturated heterocycles. The molecule has 16 heteroatoms. The van der Waals surface area contributed by atoms with E-state index in [4.69, 9.17) is 26.8 Å². The van der Waals surface area contributed by atoms with Crippen LogP contribution in [0.4, 0.5) is 5.82 Å². The Balaban J connectivity index is 1.79. The molecule has 1 aliphatic heterocycles. The number of carbonyl (C=O) groups is 1. The Morgan fingerprint density at radius 1 is 1.40 bits per heavy atom. The maximum atomic E-state index is 11.8. The molecule has 0 unspecified atom stereocenters. The van der Waals surface area contributed by atoms with Crippen molar-refractivity contribution < 1.29 is 43.6 Å². The molecular weight excluding hydrogens is 449 g/mol. The molecule has 0 aromatic carbocycles. The number of rotatable bonds is 7. The molecule has 2 aromatic heterocycles. The summed E-state index contributed by atoms with van der Waals surface area (Å²) in [6, 6.07) is 0. The highest BCUT2D eigenvalue weighted by atomic mass is 35.5. The van der Waals surface area contributed by atoms with Crippen molar-refractivity contribution in [1.82, 2.24) is 19.5 Å². The Bertz CT molecular complexity index is 984. The molecule has 0 aliphatic carbocycles. The van der Waals surface area contributed by atoms with Crippen molar-refractivity contribution in [2.45, 2.75) is 37.3 Å². The van der Waals surface area contributed by atoms with Crippen LogP contribution >= 0.6 is 19.2 Å². The monoisotopic (exact) mass is 467 g/mol. The van der Waals surface area contributed by atoms with Crippen molar-refractivity contribution in [2.75, 3.05) is 18.9 Å². The Hall–Kier alpha value is -1.90. The summed E-state index contributed by atoms with van der Waals surface area (Å²) in [5.74, 6) is -3.47. The molecular formula is C14H19ClN5O9P. The van der Waals surface area contributed by atoms with Crippen LogP contribution in [0.2, 0.25) is 5.28 Å². The normalized spacial score (nSPS) is 25.5. The Morgan fingerprint density at radius 3 is 2.73 bits per heavy atom. The number of nitrogens with zero attached hydrogens (tertiary/aromatic N) is 4. The van der Waals surface area contributed by atoms with Crippen LogP contribution in [0.15, 0.2) is 6.33 Å². The highest BCUT2D eigenvalue weighted by Gasteiger charge is 2.46. The van der Waals surface area contributed by atoms with Crippen LogP contribution in [0, 0.1) is 0 Å². The van der Waals surface area contributed by atoms with Gasteiger partial charge >= 0.3 is 13.6 Å². The second-order valence-electron chi connectivity index (χ2n) is 6.28. The van der Waals surface area contributed by atoms with Gasteiger partial charge in [-0.25, -0.2) is 9.78 Å². The number of aromatic nitrogens is 4. The van der Waals surface area contributed by atoms with Gasteiger partial charge in [0.2, 0.25) is 5.28 Å². The van der Waals surface area contributed by atoms with E-state index in [-0.39, 0.29) is 28.9 Å². The number of nitrogens with two attached hydrogens (primary N) is 1. The second kappa shape index (κ2) is 8.69. The van der Waals surface area contributed by atoms with E-state index in [2.05, 4.69) is 19.7 Å². The van der Waals surface area contributed by atoms with Gasteiger partial charge in [0, 0.05) is 0 Å². The van der Waals surface area contributed by atoms with Crippen molar-refractivity contribution in [2.24, 2.45) is 0 Å². The summed E-state index contributed by atoms with van der Waals surface area (Å²) in [6.45, 7) is 0.703. The van der Waals surface area contributed by atoms with E-state index in [1.807, 2.05) is 0 Å². The van der Waals surface area contributed by atoms with E-state index >= 15 is 0 Å². The van der Waals surface area contributed by atoms with Crippen LogP contribution in [0.1, 0.15) is 13.2 Å². The molecule has 3 heterocycles. The highest BCUT2D eigenvalue weighted by molar-refractivity contribution is 7.53. The summed E-state index contributed by atoms with van der Waals surface area (Å²) >= 11 is 5.80. The van der Waals surface area contributed by atoms with Crippen molar-refractivity contribution >= 4 is 42.1 Å². The molecule has 6 N–H and O–H groups in total. The number of ether oxygens (including phenoxy) is 3. The fourth-order valence-electron chi connectivity index (χ4n) is 2.90. The zero-order chi connectivity index (χ0) is 22.2. The van der Waals surface area contributed by atoms with Crippen molar-refractivity contribution in [3.05, 3.63) is 11.6 Å². The number of carbonyl (C=O) groups excluding carboxylic acids is 1. The SMILES string of the molecule is CCOC(=O)[C@H](OC[C@H]1O[C@@H](n2cnc3c(N)nc(Cl)nc32)[C@H](O)[C@H]1O)P(=O)(O)O. The van der Waals surface area contributed by atoms with Gasteiger partial charge in [-0.05, 0) is 18.5 Å². The van der Waals surface area contributed by atoms with E-state index in [1.54, 1.807) is 0 Å². The third kappa shape index (κ3) is 4.40. The summed E-state index contributed by atoms with van der Waals surface area (Å²) in [6.07, 6.45) is -4.24. The number of hydrogen-bond donors (Lipinski definition) is 5. The van der Waals surface area contributed by atoms with Crippen LogP contribution in [-0.2, 0) is 23.6 Å². The predicted octanol–water partition coefficient (Wildman–Crippen LogP) is -1.24. The fourth-order valence-corrected chi connectivity index (χ4v) is 3.70. The number of imidazole rings is 1. The average Bonchev–Trinajstić information content (AvgIpc) is 3.17. The lowest BCUT2D eigenvalue weighted by atomic mass is 10.1. The van der Waals surface area contributed by atoms with Gasteiger partial charge in [-0.15, -0.1) is 0 Å². The van der Waals surface area contributed by atoms with Crippen molar-refractivity contribution in [3.8, 4) is 0 Å². The summed E-state index contributed by atoms with van der Waals surface area (Å²) in [5.41, 5.74) is 6.05. The predicted molar refractivity (Wildman–Crippen MR) is 99.1 cm³/mol. The van der Waals surface area contributed by atoms with Crippen LogP contribution in [0.25, 0.3) is 11.2 Å². The first-order valence-electron chi connectivity index (χ1n) is 8.55. The average molecular weight is 468 g/mol. The molecule has 1 aliphatic rings. The Morgan fingerprint density at radius 2 is 2.10 bits per heavy atom. The summed E-state index contributed by atoms with van der Waals surface area (Å²) in [4.78, 5) is 42.2. The molecule has 0 amide bonds. The van der Waals surface area contributed by atoms with Gasteiger partial charge in [-0.1, -0.05) is 0 Å². The van der Waals surface area contributed by atoms with Gasteiger partial charge in [0.1, 0.15) is 23.8 Å². The first-order valence-corrected chi connectivity index (χ1v) is 10.6. The number of fused-ring (bicyclic) bond motifs is 1. The van der Waals surface area contributed by atoms with Gasteiger partial charge in [0.15, 0.2) is 17.7 Å². The van der Waals surface area contributed by atoms with Gasteiger partial charge in [0.05, 0.1) is 19.5 Å². The first-order chi connectivity index (χ1) is 14.0. The molecule has 2 aromatic rings. The molecule has 0 radical (unpaired) electrons. The van der Waals surface area contributed by atoms with Gasteiger partial charge in [-0.3, -0.25) is 9.13 Å². The summed E-state index contributed by atoms with van der Waals surface area (Å²) in [5, 5.41) is 20.5. The van der Waals surface area contributed by atoms with E-state index in [1.165, 1.54) is 17.8 Å². The number of halogens is 1. The second-order valence-corrected chi connectivity index (χ2v) is 8.26. The largest absolute Gasteiger partial charge is 0.464 e. The number of esters is 1. The van der Waals surface area contributed by atoms with Gasteiger partial charge in [-0.2, -0.15) is 9.97 Å².